The highest BCUT2D eigenvalue weighted by molar-refractivity contribution is 9.11. The Kier molecular flexibility index (Phi) is 8.86. The van der Waals surface area contributed by atoms with Crippen LogP contribution in [0.3, 0.4) is 0 Å². The Labute approximate surface area is 214 Å². The van der Waals surface area contributed by atoms with Crippen LogP contribution in [0.2, 0.25) is 0 Å². The fraction of sp³-hybridized carbons (Fsp3) is 0.115. The summed E-state index contributed by atoms with van der Waals surface area (Å²) in [6.07, 6.45) is 1.51. The highest BCUT2D eigenvalue weighted by atomic mass is 79.9. The Morgan fingerprint density at radius 3 is 2.35 bits per heavy atom. The molecule has 3 rings (SSSR count). The van der Waals surface area contributed by atoms with Crippen LogP contribution in [-0.4, -0.2) is 13.0 Å². The molecule has 0 radical (unpaired) electrons. The standard InChI is InChI=1S/C26H19Br2N3O3/c1-33-22-8-6-17(7-9-22)15-31-26(32)21(14-30)10-18-11-23(27)25(24(28)12-18)34-16-20-5-3-2-4-19(20)13-29/h2-12H,15-16H2,1H3,(H,31,32)/b21-10-. The number of halogens is 2. The van der Waals surface area contributed by atoms with Gasteiger partial charge in [-0.2, -0.15) is 10.5 Å². The summed E-state index contributed by atoms with van der Waals surface area (Å²) in [6, 6.07) is 22.1. The van der Waals surface area contributed by atoms with Gasteiger partial charge in [0.05, 0.1) is 27.7 Å². The molecule has 3 aromatic rings. The van der Waals surface area contributed by atoms with E-state index in [2.05, 4.69) is 43.2 Å². The summed E-state index contributed by atoms with van der Waals surface area (Å²) in [5.74, 6) is 0.803. The Morgan fingerprint density at radius 2 is 1.74 bits per heavy atom. The van der Waals surface area contributed by atoms with E-state index >= 15 is 0 Å². The van der Waals surface area contributed by atoms with Crippen molar-refractivity contribution in [2.45, 2.75) is 13.2 Å². The molecule has 1 amide bonds. The van der Waals surface area contributed by atoms with Crippen molar-refractivity contribution < 1.29 is 14.3 Å². The maximum atomic E-state index is 12.5. The molecule has 0 aliphatic heterocycles. The van der Waals surface area contributed by atoms with Gasteiger partial charge in [0.15, 0.2) is 0 Å². The van der Waals surface area contributed by atoms with Gasteiger partial charge in [-0.25, -0.2) is 0 Å². The number of hydrogen-bond acceptors (Lipinski definition) is 5. The van der Waals surface area contributed by atoms with Crippen molar-refractivity contribution >= 4 is 43.8 Å². The summed E-state index contributed by atoms with van der Waals surface area (Å²) in [6.45, 7) is 0.500. The van der Waals surface area contributed by atoms with Crippen molar-refractivity contribution in [3.8, 4) is 23.6 Å². The van der Waals surface area contributed by atoms with Gasteiger partial charge in [-0.15, -0.1) is 0 Å². The van der Waals surface area contributed by atoms with Crippen molar-refractivity contribution in [3.63, 3.8) is 0 Å². The second kappa shape index (κ2) is 12.0. The summed E-state index contributed by atoms with van der Waals surface area (Å²) in [4.78, 5) is 12.5. The number of ether oxygens (including phenoxy) is 2. The molecule has 0 aliphatic carbocycles. The Bertz CT molecular complexity index is 1280. The van der Waals surface area contributed by atoms with Crippen molar-refractivity contribution in [1.82, 2.24) is 5.32 Å². The minimum atomic E-state index is -0.473. The second-order valence-electron chi connectivity index (χ2n) is 7.07. The van der Waals surface area contributed by atoms with Crippen molar-refractivity contribution in [1.29, 1.82) is 10.5 Å². The maximum absolute atomic E-state index is 12.5. The number of methoxy groups -OCH3 is 1. The molecule has 3 aromatic carbocycles. The van der Waals surface area contributed by atoms with Crippen LogP contribution in [0.4, 0.5) is 0 Å². The van der Waals surface area contributed by atoms with Crippen LogP contribution in [0.5, 0.6) is 11.5 Å². The summed E-state index contributed by atoms with van der Waals surface area (Å²) >= 11 is 6.97. The predicted molar refractivity (Wildman–Crippen MR) is 136 cm³/mol. The first-order valence-electron chi connectivity index (χ1n) is 10.1. The molecule has 0 saturated heterocycles. The lowest BCUT2D eigenvalue weighted by atomic mass is 10.1. The van der Waals surface area contributed by atoms with Gasteiger partial charge in [0, 0.05) is 12.1 Å². The van der Waals surface area contributed by atoms with Crippen molar-refractivity contribution in [2.24, 2.45) is 0 Å². The number of rotatable bonds is 8. The number of hydrogen-bond donors (Lipinski definition) is 1. The monoisotopic (exact) mass is 579 g/mol. The largest absolute Gasteiger partial charge is 0.497 e. The maximum Gasteiger partial charge on any atom is 0.262 e. The number of nitrogens with zero attached hydrogens (tertiary/aromatic N) is 2. The highest BCUT2D eigenvalue weighted by Crippen LogP contribution is 2.36. The summed E-state index contributed by atoms with van der Waals surface area (Å²) in [5.41, 5.74) is 2.82. The molecule has 0 atom stereocenters. The van der Waals surface area contributed by atoms with Gasteiger partial charge in [0.25, 0.3) is 5.91 Å². The molecule has 0 saturated carbocycles. The number of carbonyl (C=O) groups excluding carboxylic acids is 1. The minimum Gasteiger partial charge on any atom is -0.497 e. The molecule has 0 heterocycles. The molecule has 34 heavy (non-hydrogen) atoms. The van der Waals surface area contributed by atoms with E-state index in [0.717, 1.165) is 16.9 Å². The third kappa shape index (κ3) is 6.48. The van der Waals surface area contributed by atoms with Gasteiger partial charge >= 0.3 is 0 Å². The number of nitriles is 2. The number of carbonyl (C=O) groups is 1. The molecule has 0 fully saturated rings. The van der Waals surface area contributed by atoms with E-state index in [-0.39, 0.29) is 18.7 Å². The first kappa shape index (κ1) is 25.0. The van der Waals surface area contributed by atoms with Gasteiger partial charge in [-0.3, -0.25) is 4.79 Å². The molecule has 6 nitrogen and oxygen atoms in total. The molecule has 0 unspecified atom stereocenters. The van der Waals surface area contributed by atoms with Gasteiger partial charge < -0.3 is 14.8 Å². The van der Waals surface area contributed by atoms with Gasteiger partial charge in [0.1, 0.15) is 29.7 Å². The van der Waals surface area contributed by atoms with E-state index in [1.807, 2.05) is 30.3 Å². The number of amides is 1. The lowest BCUT2D eigenvalue weighted by Gasteiger charge is -2.12. The lowest BCUT2D eigenvalue weighted by molar-refractivity contribution is -0.117. The summed E-state index contributed by atoms with van der Waals surface area (Å²) < 4.78 is 12.3. The fourth-order valence-electron chi connectivity index (χ4n) is 3.04. The van der Waals surface area contributed by atoms with Gasteiger partial charge in [-0.05, 0) is 79.4 Å². The zero-order chi connectivity index (χ0) is 24.5. The van der Waals surface area contributed by atoms with Crippen LogP contribution in [0, 0.1) is 22.7 Å². The second-order valence-corrected chi connectivity index (χ2v) is 8.78. The Hall–Kier alpha value is -3.59. The van der Waals surface area contributed by atoms with E-state index < -0.39 is 5.91 Å². The van der Waals surface area contributed by atoms with Crippen LogP contribution >= 0.6 is 31.9 Å². The highest BCUT2D eigenvalue weighted by Gasteiger charge is 2.13. The molecule has 1 N–H and O–H groups in total. The van der Waals surface area contributed by atoms with E-state index in [1.54, 1.807) is 43.5 Å². The topological polar surface area (TPSA) is 95.1 Å². The third-order valence-electron chi connectivity index (χ3n) is 4.82. The van der Waals surface area contributed by atoms with E-state index in [0.29, 0.717) is 25.8 Å². The Balaban J connectivity index is 1.71. The summed E-state index contributed by atoms with van der Waals surface area (Å²) in [5, 5.41) is 21.5. The Morgan fingerprint density at radius 1 is 1.06 bits per heavy atom. The molecular weight excluding hydrogens is 562 g/mol. The SMILES string of the molecule is COc1ccc(CNC(=O)/C(C#N)=C\c2cc(Br)c(OCc3ccccc3C#N)c(Br)c2)cc1. The van der Waals surface area contributed by atoms with Gasteiger partial charge in [0.2, 0.25) is 0 Å². The third-order valence-corrected chi connectivity index (χ3v) is 6.00. The molecule has 8 heteroatoms. The normalized spacial score (nSPS) is 10.7. The molecular formula is C26H19Br2N3O3. The van der Waals surface area contributed by atoms with Gasteiger partial charge in [-0.1, -0.05) is 30.3 Å². The van der Waals surface area contributed by atoms with Crippen molar-refractivity contribution in [3.05, 3.63) is 97.4 Å². The number of nitrogens with one attached hydrogen (secondary N) is 1. The first-order valence-corrected chi connectivity index (χ1v) is 11.7. The lowest BCUT2D eigenvalue weighted by Crippen LogP contribution is -2.23. The van der Waals surface area contributed by atoms with Crippen LogP contribution in [0.1, 0.15) is 22.3 Å². The first-order chi connectivity index (χ1) is 16.4. The molecule has 0 bridgehead atoms. The zero-order valence-corrected chi connectivity index (χ0v) is 21.3. The minimum absolute atomic E-state index is 0.0241. The van der Waals surface area contributed by atoms with Crippen molar-refractivity contribution in [2.75, 3.05) is 7.11 Å². The quantitative estimate of drug-likeness (QED) is 0.264. The molecule has 170 valence electrons. The van der Waals surface area contributed by atoms with Crippen LogP contribution < -0.4 is 14.8 Å². The average molecular weight is 581 g/mol. The average Bonchev–Trinajstić information content (AvgIpc) is 2.85. The molecule has 0 aliphatic rings. The smallest absolute Gasteiger partial charge is 0.262 e. The van der Waals surface area contributed by atoms with Crippen LogP contribution in [-0.2, 0) is 17.9 Å². The fourth-order valence-corrected chi connectivity index (χ4v) is 4.49. The van der Waals surface area contributed by atoms with E-state index in [4.69, 9.17) is 9.47 Å². The van der Waals surface area contributed by atoms with Crippen LogP contribution in [0.25, 0.3) is 6.08 Å². The molecule has 0 spiro atoms. The van der Waals surface area contributed by atoms with Crippen LogP contribution in [0.15, 0.2) is 75.2 Å². The predicted octanol–water partition coefficient (Wildman–Crippen LogP) is 5.89. The number of benzene rings is 3. The zero-order valence-electron chi connectivity index (χ0n) is 18.1. The summed E-state index contributed by atoms with van der Waals surface area (Å²) in [7, 11) is 1.59. The molecule has 0 aromatic heterocycles. The van der Waals surface area contributed by atoms with E-state index in [9.17, 15) is 15.3 Å². The van der Waals surface area contributed by atoms with E-state index in [1.165, 1.54) is 6.08 Å².